The molecule has 0 aliphatic carbocycles. The van der Waals surface area contributed by atoms with E-state index in [9.17, 15) is 4.79 Å². The zero-order valence-electron chi connectivity index (χ0n) is 14.3. The maximum absolute atomic E-state index is 11.4. The minimum atomic E-state index is -0.282. The van der Waals surface area contributed by atoms with Crippen molar-refractivity contribution >= 4 is 46.7 Å². The lowest BCUT2D eigenvalue weighted by Crippen LogP contribution is -2.20. The summed E-state index contributed by atoms with van der Waals surface area (Å²) in [5, 5.41) is 11.6. The molecule has 0 bridgehead atoms. The lowest BCUT2D eigenvalue weighted by Gasteiger charge is -2.24. The van der Waals surface area contributed by atoms with Crippen LogP contribution in [0.1, 0.15) is 24.1 Å². The highest BCUT2D eigenvalue weighted by Gasteiger charge is 2.26. The SMILES string of the molecule is CC(=O)Nc1nc2n(n1)[C@@H](c1ccccc1Cl)C=C(c1ccc(Cl)cc1)N2. The van der Waals surface area contributed by atoms with Gasteiger partial charge in [0.05, 0.1) is 0 Å². The van der Waals surface area contributed by atoms with Gasteiger partial charge < -0.3 is 5.32 Å². The maximum atomic E-state index is 11.4. The van der Waals surface area contributed by atoms with Crippen LogP contribution in [0.5, 0.6) is 0 Å². The highest BCUT2D eigenvalue weighted by atomic mass is 35.5. The summed E-state index contributed by atoms with van der Waals surface area (Å²) in [4.78, 5) is 15.8. The standard InChI is InChI=1S/C19H15Cl2N5O/c1-11(27)22-18-24-19-23-16(12-6-8-13(20)9-7-12)10-17(26(19)25-18)14-4-2-3-5-15(14)21/h2-10,17H,1H3,(H2,22,23,24,25,27)/t17-/m1/s1. The van der Waals surface area contributed by atoms with Gasteiger partial charge in [0.15, 0.2) is 0 Å². The van der Waals surface area contributed by atoms with Crippen LogP contribution in [0, 0.1) is 0 Å². The number of fused-ring (bicyclic) bond motifs is 1. The van der Waals surface area contributed by atoms with E-state index in [0.717, 1.165) is 16.8 Å². The summed E-state index contributed by atoms with van der Waals surface area (Å²) in [7, 11) is 0. The zero-order chi connectivity index (χ0) is 19.0. The highest BCUT2D eigenvalue weighted by Crippen LogP contribution is 2.36. The van der Waals surface area contributed by atoms with Crippen molar-refractivity contribution in [2.45, 2.75) is 13.0 Å². The summed E-state index contributed by atoms with van der Waals surface area (Å²) in [6, 6.07) is 14.8. The molecule has 2 heterocycles. The Morgan fingerprint density at radius 1 is 1.15 bits per heavy atom. The van der Waals surface area contributed by atoms with Crippen molar-refractivity contribution in [2.75, 3.05) is 10.6 Å². The monoisotopic (exact) mass is 399 g/mol. The minimum absolute atomic E-state index is 0.229. The van der Waals surface area contributed by atoms with Gasteiger partial charge in [0.1, 0.15) is 6.04 Å². The molecule has 1 aliphatic heterocycles. The molecule has 3 aromatic rings. The summed E-state index contributed by atoms with van der Waals surface area (Å²) in [5.41, 5.74) is 2.69. The first-order valence-corrected chi connectivity index (χ1v) is 9.00. The van der Waals surface area contributed by atoms with E-state index in [-0.39, 0.29) is 17.9 Å². The largest absolute Gasteiger partial charge is 0.324 e. The number of halogens is 2. The van der Waals surface area contributed by atoms with Crippen molar-refractivity contribution in [3.05, 3.63) is 75.8 Å². The molecule has 8 heteroatoms. The van der Waals surface area contributed by atoms with Crippen molar-refractivity contribution in [1.29, 1.82) is 0 Å². The molecule has 1 amide bonds. The smallest absolute Gasteiger partial charge is 0.250 e. The average Bonchev–Trinajstić information content (AvgIpc) is 3.03. The Bertz CT molecular complexity index is 1040. The van der Waals surface area contributed by atoms with Crippen molar-refractivity contribution in [1.82, 2.24) is 14.8 Å². The molecule has 0 saturated carbocycles. The van der Waals surface area contributed by atoms with Crippen LogP contribution in [0.25, 0.3) is 5.70 Å². The van der Waals surface area contributed by atoms with Gasteiger partial charge in [0.25, 0.3) is 5.95 Å². The second-order valence-electron chi connectivity index (χ2n) is 6.06. The predicted octanol–water partition coefficient (Wildman–Crippen LogP) is 4.60. The molecule has 136 valence electrons. The van der Waals surface area contributed by atoms with Crippen molar-refractivity contribution in [3.8, 4) is 0 Å². The van der Waals surface area contributed by atoms with E-state index in [4.69, 9.17) is 23.2 Å². The van der Waals surface area contributed by atoms with Gasteiger partial charge in [-0.2, -0.15) is 4.98 Å². The van der Waals surface area contributed by atoms with Crippen LogP contribution < -0.4 is 10.6 Å². The topological polar surface area (TPSA) is 71.8 Å². The first kappa shape index (κ1) is 17.6. The number of aromatic nitrogens is 3. The highest BCUT2D eigenvalue weighted by molar-refractivity contribution is 6.31. The van der Waals surface area contributed by atoms with Crippen molar-refractivity contribution in [3.63, 3.8) is 0 Å². The molecular weight excluding hydrogens is 385 g/mol. The number of carbonyl (C=O) groups is 1. The van der Waals surface area contributed by atoms with Gasteiger partial charge in [0.2, 0.25) is 11.9 Å². The van der Waals surface area contributed by atoms with E-state index >= 15 is 0 Å². The van der Waals surface area contributed by atoms with Crippen molar-refractivity contribution in [2.24, 2.45) is 0 Å². The molecule has 1 aromatic heterocycles. The third-order valence-corrected chi connectivity index (χ3v) is 4.73. The quantitative estimate of drug-likeness (QED) is 0.674. The maximum Gasteiger partial charge on any atom is 0.250 e. The number of anilines is 2. The van der Waals surface area contributed by atoms with Crippen LogP contribution in [0.4, 0.5) is 11.9 Å². The molecule has 1 aliphatic rings. The lowest BCUT2D eigenvalue weighted by atomic mass is 10.0. The normalized spacial score (nSPS) is 15.5. The third-order valence-electron chi connectivity index (χ3n) is 4.13. The van der Waals surface area contributed by atoms with Crippen molar-refractivity contribution < 1.29 is 4.79 Å². The number of rotatable bonds is 3. The number of nitrogens with one attached hydrogen (secondary N) is 2. The van der Waals surface area contributed by atoms with Gasteiger partial charge in [-0.05, 0) is 35.4 Å². The summed E-state index contributed by atoms with van der Waals surface area (Å²) in [5.74, 6) is 0.502. The van der Waals surface area contributed by atoms with Gasteiger partial charge in [-0.15, -0.1) is 5.10 Å². The lowest BCUT2D eigenvalue weighted by molar-refractivity contribution is -0.114. The van der Waals surface area contributed by atoms with Gasteiger partial charge in [-0.3, -0.25) is 10.1 Å². The minimum Gasteiger partial charge on any atom is -0.324 e. The molecule has 2 N–H and O–H groups in total. The fourth-order valence-corrected chi connectivity index (χ4v) is 3.31. The molecular formula is C19H15Cl2N5O. The summed E-state index contributed by atoms with van der Waals surface area (Å²) in [6.07, 6.45) is 2.02. The Hall–Kier alpha value is -2.83. The van der Waals surface area contributed by atoms with E-state index < -0.39 is 0 Å². The molecule has 0 fully saturated rings. The van der Waals surface area contributed by atoms with Gasteiger partial charge in [-0.1, -0.05) is 53.5 Å². The Kier molecular flexibility index (Phi) is 4.59. The fourth-order valence-electron chi connectivity index (χ4n) is 2.94. The Morgan fingerprint density at radius 2 is 1.89 bits per heavy atom. The predicted molar refractivity (Wildman–Crippen MR) is 107 cm³/mol. The molecule has 0 unspecified atom stereocenters. The zero-order valence-corrected chi connectivity index (χ0v) is 15.8. The molecule has 6 nitrogen and oxygen atoms in total. The molecule has 27 heavy (non-hydrogen) atoms. The fraction of sp³-hybridized carbons (Fsp3) is 0.105. The van der Waals surface area contributed by atoms with Gasteiger partial charge in [-0.25, -0.2) is 4.68 Å². The molecule has 0 saturated heterocycles. The molecule has 0 radical (unpaired) electrons. The second kappa shape index (κ2) is 7.06. The number of nitrogens with zero attached hydrogens (tertiary/aromatic N) is 3. The summed E-state index contributed by atoms with van der Waals surface area (Å²) >= 11 is 12.4. The van der Waals surface area contributed by atoms with Crippen LogP contribution in [0.3, 0.4) is 0 Å². The number of benzene rings is 2. The van der Waals surface area contributed by atoms with Crippen LogP contribution in [-0.2, 0) is 4.79 Å². The summed E-state index contributed by atoms with van der Waals surface area (Å²) < 4.78 is 1.70. The average molecular weight is 400 g/mol. The van der Waals surface area contributed by atoms with Gasteiger partial charge in [0, 0.05) is 22.7 Å². The number of amides is 1. The number of allylic oxidation sites excluding steroid dienone is 1. The number of carbonyl (C=O) groups excluding carboxylic acids is 1. The second-order valence-corrected chi connectivity index (χ2v) is 6.91. The first-order valence-electron chi connectivity index (χ1n) is 8.24. The van der Waals surface area contributed by atoms with E-state index in [0.29, 0.717) is 16.0 Å². The van der Waals surface area contributed by atoms with Crippen LogP contribution in [0.15, 0.2) is 54.6 Å². The number of hydrogen-bond acceptors (Lipinski definition) is 4. The molecule has 0 spiro atoms. The molecule has 1 atom stereocenters. The van der Waals surface area contributed by atoms with E-state index in [2.05, 4.69) is 20.7 Å². The Morgan fingerprint density at radius 3 is 2.59 bits per heavy atom. The van der Waals surface area contributed by atoms with Crippen LogP contribution in [-0.4, -0.2) is 20.7 Å². The summed E-state index contributed by atoms with van der Waals surface area (Å²) in [6.45, 7) is 1.41. The van der Waals surface area contributed by atoms with Crippen LogP contribution >= 0.6 is 23.2 Å². The third kappa shape index (κ3) is 3.54. The van der Waals surface area contributed by atoms with Crippen LogP contribution in [0.2, 0.25) is 10.0 Å². The molecule has 4 rings (SSSR count). The Labute approximate surface area is 165 Å². The Balaban J connectivity index is 1.82. The van der Waals surface area contributed by atoms with E-state index in [1.165, 1.54) is 6.92 Å². The van der Waals surface area contributed by atoms with E-state index in [1.54, 1.807) is 4.68 Å². The first-order chi connectivity index (χ1) is 13.0. The van der Waals surface area contributed by atoms with Gasteiger partial charge >= 0.3 is 0 Å². The molecule has 2 aromatic carbocycles. The number of hydrogen-bond donors (Lipinski definition) is 2. The van der Waals surface area contributed by atoms with E-state index in [1.807, 2.05) is 54.6 Å².